The van der Waals surface area contributed by atoms with E-state index in [1.807, 2.05) is 0 Å². The molecule has 0 saturated carbocycles. The van der Waals surface area contributed by atoms with Crippen molar-refractivity contribution >= 4 is 17.4 Å². The van der Waals surface area contributed by atoms with E-state index >= 15 is 0 Å². The molecular weight excluding hydrogens is 54.7 g/mol. The van der Waals surface area contributed by atoms with E-state index in [0.717, 1.165) is 0 Å². The van der Waals surface area contributed by atoms with Gasteiger partial charge in [0.2, 0.25) is 0 Å². The molecule has 0 spiro atoms. The van der Waals surface area contributed by atoms with Gasteiger partial charge in [0.1, 0.15) is 0 Å². The minimum absolute atomic E-state index is 0. The van der Waals surface area contributed by atoms with Crippen LogP contribution in [0.4, 0.5) is 0 Å². The van der Waals surface area contributed by atoms with Gasteiger partial charge in [-0.2, -0.15) is 0 Å². The zero-order valence-corrected chi connectivity index (χ0v) is 5.73. The van der Waals surface area contributed by atoms with Crippen LogP contribution in [0.5, 0.6) is 0 Å². The topological polar surface area (TPSA) is 0 Å². The number of hydrogen-bond acceptors (Lipinski definition) is 0. The van der Waals surface area contributed by atoms with E-state index in [0.29, 0.717) is 0 Å². The summed E-state index contributed by atoms with van der Waals surface area (Å²) in [6.45, 7) is 0. The molecule has 0 nitrogen and oxygen atoms in total. The summed E-state index contributed by atoms with van der Waals surface area (Å²) in [6.07, 6.45) is 0. The van der Waals surface area contributed by atoms with E-state index in [9.17, 15) is 0 Å². The van der Waals surface area contributed by atoms with Gasteiger partial charge in [-0.1, -0.05) is 0 Å². The van der Waals surface area contributed by atoms with Crippen LogP contribution in [-0.2, 0) is 0 Å². The molecule has 0 radical (unpaired) electrons. The van der Waals surface area contributed by atoms with Gasteiger partial charge in [0, 0.05) is 0 Å². The molecule has 5 heavy (non-hydrogen) atoms. The van der Waals surface area contributed by atoms with Crippen LogP contribution in [-0.4, -0.2) is 17.4 Å². The Bertz CT molecular complexity index is 15.4. The molecule has 0 aromatic rings. The van der Waals surface area contributed by atoms with E-state index < -0.39 is 0 Å². The van der Waals surface area contributed by atoms with Crippen LogP contribution in [0.1, 0.15) is 9.99 Å². The zero-order valence-electron chi connectivity index (χ0n) is 11.6. The van der Waals surface area contributed by atoms with Gasteiger partial charge in [0.05, 0.1) is 0 Å². The minimum Gasteiger partial charge on any atom is -1.00 e. The molecule has 0 aromatic heterocycles. The van der Waals surface area contributed by atoms with E-state index in [2.05, 4.69) is 0 Å². The second-order valence-electron chi connectivity index (χ2n) is 0. The Balaban J connectivity index is 0. The van der Waals surface area contributed by atoms with Crippen molar-refractivity contribution in [1.29, 1.82) is 0 Å². The van der Waals surface area contributed by atoms with Crippen LogP contribution in [0.25, 0.3) is 0 Å². The first kappa shape index (κ1) is 44.5. The maximum absolute atomic E-state index is 0. The summed E-state index contributed by atoms with van der Waals surface area (Å²) in [5, 5.41) is 0. The summed E-state index contributed by atoms with van der Waals surface area (Å²) in [5.74, 6) is 0. The maximum Gasteiger partial charge on any atom is 3.00 e. The van der Waals surface area contributed by atoms with Gasteiger partial charge in [0.25, 0.3) is 0 Å². The minimum atomic E-state index is 0. The van der Waals surface area contributed by atoms with Gasteiger partial charge in [-0.05, 0) is 0 Å². The third-order valence-corrected chi connectivity index (χ3v) is 0. The van der Waals surface area contributed by atoms with Crippen LogP contribution in [0, 0.1) is 0 Å². The van der Waals surface area contributed by atoms with Crippen molar-refractivity contribution in [2.75, 3.05) is 0 Å². The second-order valence-corrected chi connectivity index (χ2v) is 0. The molecule has 0 bridgehead atoms. The van der Waals surface area contributed by atoms with Crippen LogP contribution in [0.15, 0.2) is 0 Å². The van der Waals surface area contributed by atoms with E-state index in [1.54, 1.807) is 0 Å². The zero-order chi connectivity index (χ0) is 0. The van der Waals surface area contributed by atoms with Crippen molar-refractivity contribution in [3.8, 4) is 0 Å². The molecule has 0 aliphatic rings. The largest absolute Gasteiger partial charge is 3.00 e. The van der Waals surface area contributed by atoms with Gasteiger partial charge in [-0.15, -0.1) is 0 Å². The van der Waals surface area contributed by atoms with Crippen molar-refractivity contribution < 1.29 is 85.4 Å². The molecule has 0 fully saturated rings. The fourth-order valence-corrected chi connectivity index (χ4v) is 0. The van der Waals surface area contributed by atoms with E-state index in [1.165, 1.54) is 0 Å². The van der Waals surface area contributed by atoms with Gasteiger partial charge in [-0.3, -0.25) is 0 Å². The Hall–Kier alpha value is 2.92. The summed E-state index contributed by atoms with van der Waals surface area (Å²) in [6, 6.07) is 0. The Morgan fingerprint density at radius 2 is 0.600 bits per heavy atom. The number of rotatable bonds is 0. The summed E-state index contributed by atoms with van der Waals surface area (Å²) in [5.41, 5.74) is 0. The van der Waals surface area contributed by atoms with Crippen molar-refractivity contribution in [2.24, 2.45) is 0 Å². The third-order valence-electron chi connectivity index (χ3n) is 0. The van der Waals surface area contributed by atoms with Gasteiger partial charge >= 0.3 is 92.8 Å². The first-order valence-corrected chi connectivity index (χ1v) is 0. The summed E-state index contributed by atoms with van der Waals surface area (Å²) in [4.78, 5) is 0. The molecule has 0 unspecified atom stereocenters. The summed E-state index contributed by atoms with van der Waals surface area (Å²) < 4.78 is 0. The van der Waals surface area contributed by atoms with Gasteiger partial charge in [-0.25, -0.2) is 0 Å². The van der Waals surface area contributed by atoms with Crippen LogP contribution in [0.2, 0.25) is 0 Å². The first-order chi connectivity index (χ1) is 0. The monoisotopic (exact) mass is 62.1 g/mol. The van der Waals surface area contributed by atoms with E-state index in [-0.39, 0.29) is 103 Å². The third kappa shape index (κ3) is 19.6. The summed E-state index contributed by atoms with van der Waals surface area (Å²) >= 11 is 0. The van der Waals surface area contributed by atoms with Gasteiger partial charge in [0.15, 0.2) is 0 Å². The molecule has 0 amide bonds. The molecular formula is H7AlLi4. The Morgan fingerprint density at radius 3 is 0.600 bits per heavy atom. The Morgan fingerprint density at radius 1 is 0.600 bits per heavy atom. The van der Waals surface area contributed by atoms with E-state index in [4.69, 9.17) is 0 Å². The predicted molar refractivity (Wildman–Crippen MR) is 13.5 cm³/mol. The molecule has 5 heteroatoms. The molecule has 0 heterocycles. The maximum atomic E-state index is 0. The normalized spacial score (nSPS) is 0. The van der Waals surface area contributed by atoms with Crippen molar-refractivity contribution in [3.05, 3.63) is 0 Å². The fraction of sp³-hybridized carbons (Fsp3) is 0. The quantitative estimate of drug-likeness (QED) is 0.244. The van der Waals surface area contributed by atoms with Crippen molar-refractivity contribution in [1.82, 2.24) is 0 Å². The molecule has 14 valence electrons. The molecule has 0 saturated heterocycles. The van der Waals surface area contributed by atoms with Crippen LogP contribution >= 0.6 is 0 Å². The standard InChI is InChI=1S/Al.4Li.7H/q+3;4*+1;7*-1. The Labute approximate surface area is 102 Å². The fourth-order valence-electron chi connectivity index (χ4n) is 0. The first-order valence-electron chi connectivity index (χ1n) is 0. The van der Waals surface area contributed by atoms with Gasteiger partial charge < -0.3 is 9.99 Å². The molecule has 0 atom stereocenters. The van der Waals surface area contributed by atoms with Crippen LogP contribution in [0.3, 0.4) is 0 Å². The average Bonchev–Trinajstić information content (AvgIpc) is 0. The molecule has 0 N–H and O–H groups in total. The molecule has 0 aliphatic carbocycles. The smallest absolute Gasteiger partial charge is 1.00 e. The summed E-state index contributed by atoms with van der Waals surface area (Å²) in [7, 11) is 0. The Kier molecular flexibility index (Phi) is 253. The molecule has 0 aromatic carbocycles. The van der Waals surface area contributed by atoms with Crippen molar-refractivity contribution in [2.45, 2.75) is 0 Å². The van der Waals surface area contributed by atoms with Crippen LogP contribution < -0.4 is 75.4 Å². The number of hydrogen-bond donors (Lipinski definition) is 0. The molecule has 0 aliphatic heterocycles. The predicted octanol–water partition coefficient (Wildman–Crippen LogP) is -11.6. The SMILES string of the molecule is [Al+3].[H-].[H-].[H-].[H-].[H-].[H-].[H-].[Li+].[Li+].[Li+].[Li+]. The second kappa shape index (κ2) is 28.4. The molecule has 0 rings (SSSR count). The van der Waals surface area contributed by atoms with Crippen molar-refractivity contribution in [3.63, 3.8) is 0 Å². The average molecular weight is 61.8 g/mol.